The van der Waals surface area contributed by atoms with Gasteiger partial charge in [-0.3, -0.25) is 0 Å². The maximum Gasteiger partial charge on any atom is 0.0481 e. The molecule has 0 saturated heterocycles. The molecule has 2 rings (SSSR count). The first-order valence-corrected chi connectivity index (χ1v) is 8.88. The number of aryl methyl sites for hydroxylation is 1. The van der Waals surface area contributed by atoms with Crippen LogP contribution in [0.4, 0.5) is 0 Å². The largest absolute Gasteiger partial charge is 0.396 e. The smallest absolute Gasteiger partial charge is 0.0481 e. The summed E-state index contributed by atoms with van der Waals surface area (Å²) in [6.07, 6.45) is 9.89. The minimum atomic E-state index is -0.00120. The summed E-state index contributed by atoms with van der Waals surface area (Å²) in [5.74, 6) is 0.642. The second-order valence-electron chi connectivity index (χ2n) is 6.76. The molecular weight excluding hydrogens is 284 g/mol. The fraction of sp³-hybridized carbons (Fsp3) is 0.524. The van der Waals surface area contributed by atoms with Gasteiger partial charge in [-0.25, -0.2) is 0 Å². The van der Waals surface area contributed by atoms with Crippen molar-refractivity contribution in [2.75, 3.05) is 13.2 Å². The monoisotopic (exact) mass is 314 g/mol. The molecule has 2 nitrogen and oxygen atoms in total. The van der Waals surface area contributed by atoms with Crippen LogP contribution in [-0.2, 0) is 6.42 Å². The molecule has 2 N–H and O–H groups in total. The molecule has 0 fully saturated rings. The lowest BCUT2D eigenvalue weighted by molar-refractivity contribution is 0.144. The molecule has 0 amide bonds. The van der Waals surface area contributed by atoms with Gasteiger partial charge in [0.15, 0.2) is 0 Å². The molecule has 2 heteroatoms. The molecule has 0 radical (unpaired) electrons. The van der Waals surface area contributed by atoms with Crippen molar-refractivity contribution in [1.82, 2.24) is 0 Å². The van der Waals surface area contributed by atoms with Crippen molar-refractivity contribution in [2.24, 2.45) is 11.8 Å². The first-order valence-electron chi connectivity index (χ1n) is 8.88. The van der Waals surface area contributed by atoms with Gasteiger partial charge in [-0.15, -0.1) is 0 Å². The standard InChI is InChI=1S/C21H30O2/c1-3-4-19-11-12-21(13-16(19)2)20-9-7-17(8-10-20)5-6-18(14-22)15-23/h7-12,16,18,22-23H,3-6,13-15H2,1-2H3. The van der Waals surface area contributed by atoms with Crippen molar-refractivity contribution in [3.05, 3.63) is 53.1 Å². The number of hydrogen-bond donors (Lipinski definition) is 2. The second-order valence-corrected chi connectivity index (χ2v) is 6.76. The molecular formula is C21H30O2. The van der Waals surface area contributed by atoms with Crippen LogP contribution >= 0.6 is 0 Å². The fourth-order valence-corrected chi connectivity index (χ4v) is 3.23. The van der Waals surface area contributed by atoms with Gasteiger partial charge in [0.25, 0.3) is 0 Å². The van der Waals surface area contributed by atoms with Gasteiger partial charge in [-0.05, 0) is 48.3 Å². The van der Waals surface area contributed by atoms with Crippen LogP contribution < -0.4 is 0 Å². The molecule has 23 heavy (non-hydrogen) atoms. The van der Waals surface area contributed by atoms with Gasteiger partial charge in [0.1, 0.15) is 0 Å². The maximum absolute atomic E-state index is 9.13. The zero-order valence-electron chi connectivity index (χ0n) is 14.5. The summed E-state index contributed by atoms with van der Waals surface area (Å²) < 4.78 is 0. The second kappa shape index (κ2) is 9.05. The quantitative estimate of drug-likeness (QED) is 0.748. The van der Waals surface area contributed by atoms with E-state index in [2.05, 4.69) is 50.3 Å². The van der Waals surface area contributed by atoms with E-state index in [0.717, 1.165) is 19.3 Å². The van der Waals surface area contributed by atoms with Crippen molar-refractivity contribution in [3.8, 4) is 0 Å². The van der Waals surface area contributed by atoms with Crippen LogP contribution in [0.1, 0.15) is 50.7 Å². The molecule has 0 saturated carbocycles. The molecule has 1 aliphatic rings. The molecule has 1 aliphatic carbocycles. The van der Waals surface area contributed by atoms with Crippen LogP contribution in [-0.4, -0.2) is 23.4 Å². The van der Waals surface area contributed by atoms with Crippen molar-refractivity contribution in [3.63, 3.8) is 0 Å². The Bertz CT molecular complexity index is 535. The lowest BCUT2D eigenvalue weighted by atomic mass is 9.83. The number of aliphatic hydroxyl groups is 2. The summed E-state index contributed by atoms with van der Waals surface area (Å²) in [4.78, 5) is 0. The third-order valence-corrected chi connectivity index (χ3v) is 4.88. The van der Waals surface area contributed by atoms with Crippen LogP contribution in [0.25, 0.3) is 5.57 Å². The van der Waals surface area contributed by atoms with Crippen LogP contribution in [0.15, 0.2) is 42.0 Å². The van der Waals surface area contributed by atoms with Crippen LogP contribution in [0.5, 0.6) is 0 Å². The lowest BCUT2D eigenvalue weighted by Crippen LogP contribution is -2.11. The average molecular weight is 314 g/mol. The highest BCUT2D eigenvalue weighted by atomic mass is 16.3. The Morgan fingerprint density at radius 1 is 1.04 bits per heavy atom. The maximum atomic E-state index is 9.13. The Labute approximate surface area is 140 Å². The Kier molecular flexibility index (Phi) is 7.07. The lowest BCUT2D eigenvalue weighted by Gasteiger charge is -2.22. The highest BCUT2D eigenvalue weighted by Crippen LogP contribution is 2.33. The fourth-order valence-electron chi connectivity index (χ4n) is 3.23. The molecule has 1 atom stereocenters. The van der Waals surface area contributed by atoms with Gasteiger partial charge in [-0.2, -0.15) is 0 Å². The molecule has 1 aromatic rings. The number of allylic oxidation sites excluding steroid dienone is 4. The summed E-state index contributed by atoms with van der Waals surface area (Å²) >= 11 is 0. The zero-order chi connectivity index (χ0) is 16.7. The van der Waals surface area contributed by atoms with E-state index in [1.165, 1.54) is 29.5 Å². The van der Waals surface area contributed by atoms with E-state index in [4.69, 9.17) is 10.2 Å². The summed E-state index contributed by atoms with van der Waals surface area (Å²) in [5.41, 5.74) is 5.58. The number of hydrogen-bond acceptors (Lipinski definition) is 2. The molecule has 0 spiro atoms. The van der Waals surface area contributed by atoms with E-state index in [9.17, 15) is 0 Å². The highest BCUT2D eigenvalue weighted by molar-refractivity contribution is 5.69. The Balaban J connectivity index is 2.00. The molecule has 0 bridgehead atoms. The van der Waals surface area contributed by atoms with Crippen LogP contribution in [0.2, 0.25) is 0 Å². The summed E-state index contributed by atoms with van der Waals surface area (Å²) in [5, 5.41) is 18.3. The first kappa shape index (κ1) is 18.0. The molecule has 0 aliphatic heterocycles. The van der Waals surface area contributed by atoms with Crippen molar-refractivity contribution in [2.45, 2.75) is 46.0 Å². The van der Waals surface area contributed by atoms with Gasteiger partial charge >= 0.3 is 0 Å². The van der Waals surface area contributed by atoms with Crippen molar-refractivity contribution in [1.29, 1.82) is 0 Å². The van der Waals surface area contributed by atoms with Gasteiger partial charge in [0, 0.05) is 19.1 Å². The van der Waals surface area contributed by atoms with Crippen LogP contribution in [0.3, 0.4) is 0 Å². The van der Waals surface area contributed by atoms with E-state index < -0.39 is 0 Å². The van der Waals surface area contributed by atoms with Crippen molar-refractivity contribution < 1.29 is 10.2 Å². The number of benzene rings is 1. The summed E-state index contributed by atoms with van der Waals surface area (Å²) in [6, 6.07) is 8.77. The number of rotatable bonds is 8. The van der Waals surface area contributed by atoms with E-state index in [1.807, 2.05) is 0 Å². The van der Waals surface area contributed by atoms with Gasteiger partial charge in [0.05, 0.1) is 0 Å². The molecule has 1 unspecified atom stereocenters. The van der Waals surface area contributed by atoms with Crippen molar-refractivity contribution >= 4 is 5.57 Å². The first-order chi connectivity index (χ1) is 11.2. The van der Waals surface area contributed by atoms with E-state index in [0.29, 0.717) is 5.92 Å². The number of aliphatic hydroxyl groups excluding tert-OH is 2. The summed E-state index contributed by atoms with van der Waals surface area (Å²) in [7, 11) is 0. The zero-order valence-corrected chi connectivity index (χ0v) is 14.5. The molecule has 0 heterocycles. The highest BCUT2D eigenvalue weighted by Gasteiger charge is 2.15. The predicted octanol–water partition coefficient (Wildman–Crippen LogP) is 4.37. The molecule has 0 aromatic heterocycles. The van der Waals surface area contributed by atoms with Crippen LogP contribution in [0, 0.1) is 11.8 Å². The Morgan fingerprint density at radius 2 is 1.74 bits per heavy atom. The Hall–Kier alpha value is -1.38. The van der Waals surface area contributed by atoms with Gasteiger partial charge in [-0.1, -0.05) is 62.3 Å². The molecule has 126 valence electrons. The third kappa shape index (κ3) is 5.05. The average Bonchev–Trinajstić information content (AvgIpc) is 2.58. The SMILES string of the molecule is CCCC1=CC=C(c2ccc(CCC(CO)CO)cc2)CC1C. The third-order valence-electron chi connectivity index (χ3n) is 4.88. The van der Waals surface area contributed by atoms with E-state index in [-0.39, 0.29) is 19.1 Å². The predicted molar refractivity (Wildman–Crippen MR) is 97.2 cm³/mol. The Morgan fingerprint density at radius 3 is 2.30 bits per heavy atom. The topological polar surface area (TPSA) is 40.5 Å². The minimum absolute atomic E-state index is 0.00120. The summed E-state index contributed by atoms with van der Waals surface area (Å²) in [6.45, 7) is 4.69. The molecule has 1 aromatic carbocycles. The van der Waals surface area contributed by atoms with Gasteiger partial charge < -0.3 is 10.2 Å². The van der Waals surface area contributed by atoms with E-state index >= 15 is 0 Å². The normalized spacial score (nSPS) is 18.0. The van der Waals surface area contributed by atoms with Gasteiger partial charge in [0.2, 0.25) is 0 Å². The van der Waals surface area contributed by atoms with E-state index in [1.54, 1.807) is 5.57 Å². The minimum Gasteiger partial charge on any atom is -0.396 e.